The third kappa shape index (κ3) is 19.8. The van der Waals surface area contributed by atoms with Crippen molar-refractivity contribution < 1.29 is 42.5 Å². The maximum atomic E-state index is 12.0. The molecule has 0 aliphatic rings. The molecule has 0 rings (SSSR count). The van der Waals surface area contributed by atoms with Crippen LogP contribution in [-0.2, 0) is 23.0 Å². The van der Waals surface area contributed by atoms with E-state index in [0.717, 1.165) is 51.4 Å². The van der Waals surface area contributed by atoms with Gasteiger partial charge in [0.15, 0.2) is 0 Å². The minimum Gasteiger partial charge on any atom is -0.303 e. The van der Waals surface area contributed by atoms with Gasteiger partial charge in [0.2, 0.25) is 0 Å². The number of ketones is 1. The second kappa shape index (κ2) is 13.4. The van der Waals surface area contributed by atoms with Crippen molar-refractivity contribution in [3.05, 3.63) is 0 Å². The molecule has 0 aromatic carbocycles. The molecule has 0 bridgehead atoms. The lowest BCUT2D eigenvalue weighted by molar-refractivity contribution is -0.119. The smallest absolute Gasteiger partial charge is 0.303 e. The van der Waals surface area contributed by atoms with Crippen molar-refractivity contribution in [2.45, 2.75) is 91.9 Å². The lowest BCUT2D eigenvalue weighted by Gasteiger charge is -2.24. The largest absolute Gasteiger partial charge is 0.469 e. The van der Waals surface area contributed by atoms with E-state index in [-0.39, 0.29) is 29.8 Å². The number of carbonyl (C=O) groups is 1. The first kappa shape index (κ1) is 29.9. The first-order chi connectivity index (χ1) is 13.5. The van der Waals surface area contributed by atoms with Gasteiger partial charge in [-0.1, -0.05) is 53.4 Å². The minimum atomic E-state index is -4.44. The van der Waals surface area contributed by atoms with Crippen molar-refractivity contribution in [1.29, 1.82) is 0 Å². The Hall–Kier alpha value is -0.110. The Kier molecular flexibility index (Phi) is 13.4. The first-order valence-electron chi connectivity index (χ1n) is 10.4. The van der Waals surface area contributed by atoms with Crippen LogP contribution in [0.1, 0.15) is 91.9 Å². The van der Waals surface area contributed by atoms with Crippen molar-refractivity contribution in [3.63, 3.8) is 0 Å². The normalized spacial score (nSPS) is 13.6. The summed E-state index contributed by atoms with van der Waals surface area (Å²) in [5.41, 5.74) is -0.648. The van der Waals surface area contributed by atoms with E-state index in [4.69, 9.17) is 19.6 Å². The third-order valence-electron chi connectivity index (χ3n) is 4.87. The molecule has 0 unspecified atom stereocenters. The summed E-state index contributed by atoms with van der Waals surface area (Å²) in [4.78, 5) is 47.0. The molecule has 0 fully saturated rings. The van der Waals surface area contributed by atoms with Crippen LogP contribution in [0.5, 0.6) is 0 Å². The Morgan fingerprint density at radius 2 is 1.00 bits per heavy atom. The molecule has 30 heavy (non-hydrogen) atoms. The summed E-state index contributed by atoms with van der Waals surface area (Å²) in [5, 5.41) is 0. The van der Waals surface area contributed by atoms with Crippen molar-refractivity contribution in [3.8, 4) is 0 Å². The number of phosphoric ester groups is 2. The maximum absolute atomic E-state index is 12.0. The van der Waals surface area contributed by atoms with Crippen LogP contribution in [0.2, 0.25) is 0 Å². The maximum Gasteiger partial charge on any atom is 0.469 e. The molecule has 0 saturated heterocycles. The Bertz CT molecular complexity index is 543. The summed E-state index contributed by atoms with van der Waals surface area (Å²) in [6, 6.07) is 0. The molecule has 9 nitrogen and oxygen atoms in total. The monoisotopic (exact) mass is 474 g/mol. The molecular weight excluding hydrogens is 434 g/mol. The van der Waals surface area contributed by atoms with Crippen LogP contribution in [-0.4, -0.2) is 38.6 Å². The summed E-state index contributed by atoms with van der Waals surface area (Å²) in [6.45, 7) is 7.58. The third-order valence-corrected chi connectivity index (χ3v) is 5.80. The molecule has 0 aromatic heterocycles. The average Bonchev–Trinajstić information content (AvgIpc) is 2.57. The second-order valence-electron chi connectivity index (χ2n) is 9.52. The van der Waals surface area contributed by atoms with Crippen LogP contribution in [0.15, 0.2) is 0 Å². The summed E-state index contributed by atoms with van der Waals surface area (Å²) in [5.74, 6) is 0.239. The van der Waals surface area contributed by atoms with Crippen LogP contribution >= 0.6 is 15.6 Å². The highest BCUT2D eigenvalue weighted by Gasteiger charge is 2.24. The van der Waals surface area contributed by atoms with Gasteiger partial charge in [-0.05, 0) is 36.5 Å². The molecule has 0 heterocycles. The van der Waals surface area contributed by atoms with Gasteiger partial charge in [-0.15, -0.1) is 0 Å². The average molecular weight is 474 g/mol. The van der Waals surface area contributed by atoms with E-state index in [1.54, 1.807) is 0 Å². The quantitative estimate of drug-likeness (QED) is 0.163. The van der Waals surface area contributed by atoms with Gasteiger partial charge in [0.1, 0.15) is 5.78 Å². The van der Waals surface area contributed by atoms with Gasteiger partial charge in [0.05, 0.1) is 13.2 Å². The summed E-state index contributed by atoms with van der Waals surface area (Å²) >= 11 is 0. The molecule has 0 saturated carbocycles. The fraction of sp³-hybridized carbons (Fsp3) is 0.947. The second-order valence-corrected chi connectivity index (χ2v) is 12.0. The van der Waals surface area contributed by atoms with E-state index in [9.17, 15) is 13.9 Å². The van der Waals surface area contributed by atoms with Crippen molar-refractivity contribution >= 4 is 21.4 Å². The molecule has 11 heteroatoms. The topological polar surface area (TPSA) is 151 Å². The molecule has 0 amide bonds. The van der Waals surface area contributed by atoms with E-state index < -0.39 is 15.6 Å². The molecule has 0 aliphatic carbocycles. The first-order valence-corrected chi connectivity index (χ1v) is 13.5. The number of hydrogen-bond donors (Lipinski definition) is 4. The number of rotatable bonds is 18. The molecule has 0 radical (unpaired) electrons. The van der Waals surface area contributed by atoms with Gasteiger partial charge >= 0.3 is 15.6 Å². The zero-order valence-corrected chi connectivity index (χ0v) is 20.5. The van der Waals surface area contributed by atoms with E-state index >= 15 is 0 Å². The summed E-state index contributed by atoms with van der Waals surface area (Å²) < 4.78 is 30.7. The van der Waals surface area contributed by atoms with Crippen LogP contribution in [0, 0.1) is 10.8 Å². The van der Waals surface area contributed by atoms with Gasteiger partial charge < -0.3 is 19.6 Å². The van der Waals surface area contributed by atoms with E-state index in [1.807, 2.05) is 27.7 Å². The van der Waals surface area contributed by atoms with Gasteiger partial charge in [-0.25, -0.2) is 9.13 Å². The highest BCUT2D eigenvalue weighted by molar-refractivity contribution is 7.46. The number of carbonyl (C=O) groups excluding carboxylic acids is 1. The molecule has 180 valence electrons. The highest BCUT2D eigenvalue weighted by atomic mass is 31.2. The van der Waals surface area contributed by atoms with Crippen molar-refractivity contribution in [1.82, 2.24) is 0 Å². The summed E-state index contributed by atoms with van der Waals surface area (Å²) in [7, 11) is -8.88. The predicted molar refractivity (Wildman–Crippen MR) is 115 cm³/mol. The van der Waals surface area contributed by atoms with Crippen LogP contribution < -0.4 is 0 Å². The van der Waals surface area contributed by atoms with Crippen LogP contribution in [0.4, 0.5) is 0 Å². The lowest BCUT2D eigenvalue weighted by atomic mass is 9.87. The molecule has 4 N–H and O–H groups in total. The van der Waals surface area contributed by atoms with E-state index in [1.165, 1.54) is 0 Å². The van der Waals surface area contributed by atoms with Crippen LogP contribution in [0.3, 0.4) is 0 Å². The Balaban J connectivity index is 3.77. The number of hydrogen-bond acceptors (Lipinski definition) is 5. The van der Waals surface area contributed by atoms with E-state index in [0.29, 0.717) is 12.8 Å². The van der Waals surface area contributed by atoms with Gasteiger partial charge in [0, 0.05) is 12.8 Å². The fourth-order valence-corrected chi connectivity index (χ4v) is 4.03. The molecule has 0 aliphatic heterocycles. The highest BCUT2D eigenvalue weighted by Crippen LogP contribution is 2.40. The number of unbranched alkanes of at least 4 members (excludes halogenated alkanes) is 4. The molecular formula is C19H40O9P2. The Labute approximate surface area is 180 Å². The minimum absolute atomic E-state index is 0.00154. The molecule has 0 aromatic rings. The van der Waals surface area contributed by atoms with Gasteiger partial charge in [-0.2, -0.15) is 0 Å². The van der Waals surface area contributed by atoms with Crippen molar-refractivity contribution in [2.24, 2.45) is 10.8 Å². The molecule has 0 spiro atoms. The fourth-order valence-electron chi connectivity index (χ4n) is 2.99. The Morgan fingerprint density at radius 1 is 0.667 bits per heavy atom. The number of phosphoric acid groups is 2. The van der Waals surface area contributed by atoms with Crippen LogP contribution in [0.25, 0.3) is 0 Å². The SMILES string of the molecule is CC(C)(CCCCCC(=O)CCCCCC(C)(C)COP(=O)(O)O)COP(=O)(O)O. The number of Topliss-reactive ketones (excluding diaryl/α,β-unsaturated/α-hetero) is 1. The van der Waals surface area contributed by atoms with Gasteiger partial charge in [0.25, 0.3) is 0 Å². The zero-order chi connectivity index (χ0) is 23.5. The van der Waals surface area contributed by atoms with E-state index in [2.05, 4.69) is 9.05 Å². The van der Waals surface area contributed by atoms with Gasteiger partial charge in [-0.3, -0.25) is 13.8 Å². The van der Waals surface area contributed by atoms with Crippen molar-refractivity contribution in [2.75, 3.05) is 13.2 Å². The predicted octanol–water partition coefficient (Wildman–Crippen LogP) is 4.73. The lowest BCUT2D eigenvalue weighted by Crippen LogP contribution is -2.18. The summed E-state index contributed by atoms with van der Waals surface area (Å²) in [6.07, 6.45) is 7.75. The Morgan fingerprint density at radius 3 is 1.30 bits per heavy atom. The standard InChI is InChI=1S/C19H40O9P2/c1-18(2,15-27-29(21,22)23)13-9-5-7-11-17(20)12-8-6-10-14-19(3,4)16-28-30(24,25)26/h5-16H2,1-4H3,(H2,21,22,23)(H2,24,25,26). The molecule has 0 atom stereocenters. The zero-order valence-electron chi connectivity index (χ0n) is 18.7.